The Kier molecular flexibility index (Phi) is 3.14. The van der Waals surface area contributed by atoms with Gasteiger partial charge in [-0.15, -0.1) is 0 Å². The van der Waals surface area contributed by atoms with Crippen molar-refractivity contribution in [2.45, 2.75) is 39.7 Å². The molecule has 0 amide bonds. The SMILES string of the molecule is Cc1ccc(-n2ncc3c2CC(C)(C)CC3N)cc1Cl. The molecule has 0 radical (unpaired) electrons. The van der Waals surface area contributed by atoms with Crippen molar-refractivity contribution in [3.05, 3.63) is 46.2 Å². The number of hydrogen-bond donors (Lipinski definition) is 1. The fourth-order valence-corrected chi connectivity index (χ4v) is 3.21. The summed E-state index contributed by atoms with van der Waals surface area (Å²) in [7, 11) is 0. The number of rotatable bonds is 1. The maximum Gasteiger partial charge on any atom is 0.0663 e. The Hall–Kier alpha value is -1.32. The average Bonchev–Trinajstić information content (AvgIpc) is 2.75. The Morgan fingerprint density at radius 3 is 2.85 bits per heavy atom. The second-order valence-corrected chi connectivity index (χ2v) is 6.95. The summed E-state index contributed by atoms with van der Waals surface area (Å²) in [6.07, 6.45) is 3.89. The highest BCUT2D eigenvalue weighted by atomic mass is 35.5. The maximum absolute atomic E-state index is 6.29. The van der Waals surface area contributed by atoms with Gasteiger partial charge in [0, 0.05) is 22.3 Å². The standard InChI is InChI=1S/C16H20ClN3/c1-10-4-5-11(6-13(10)17)20-15-8-16(2,3)7-14(18)12(15)9-19-20/h4-6,9,14H,7-8,18H2,1-3H3. The van der Waals surface area contributed by atoms with Crippen molar-refractivity contribution in [3.8, 4) is 5.69 Å². The van der Waals surface area contributed by atoms with Gasteiger partial charge in [-0.3, -0.25) is 0 Å². The summed E-state index contributed by atoms with van der Waals surface area (Å²) >= 11 is 6.23. The lowest BCUT2D eigenvalue weighted by Crippen LogP contribution is -2.30. The summed E-state index contributed by atoms with van der Waals surface area (Å²) in [4.78, 5) is 0. The number of halogens is 1. The zero-order valence-electron chi connectivity index (χ0n) is 12.2. The highest BCUT2D eigenvalue weighted by Crippen LogP contribution is 2.40. The molecule has 0 fully saturated rings. The molecule has 3 rings (SSSR count). The smallest absolute Gasteiger partial charge is 0.0663 e. The fourth-order valence-electron chi connectivity index (χ4n) is 3.04. The Morgan fingerprint density at radius 1 is 1.40 bits per heavy atom. The molecule has 0 saturated heterocycles. The molecule has 4 heteroatoms. The first-order valence-electron chi connectivity index (χ1n) is 6.96. The van der Waals surface area contributed by atoms with E-state index in [1.165, 1.54) is 11.3 Å². The first kappa shape index (κ1) is 13.7. The van der Waals surface area contributed by atoms with Crippen molar-refractivity contribution >= 4 is 11.6 Å². The lowest BCUT2D eigenvalue weighted by molar-refractivity contribution is 0.278. The predicted octanol–water partition coefficient (Wildman–Crippen LogP) is 3.81. The van der Waals surface area contributed by atoms with E-state index < -0.39 is 0 Å². The summed E-state index contributed by atoms with van der Waals surface area (Å²) in [5.41, 5.74) is 11.0. The minimum absolute atomic E-state index is 0.0726. The molecule has 2 aromatic rings. The van der Waals surface area contributed by atoms with Crippen molar-refractivity contribution in [2.24, 2.45) is 11.1 Å². The van der Waals surface area contributed by atoms with E-state index in [-0.39, 0.29) is 11.5 Å². The number of aryl methyl sites for hydroxylation is 1. The highest BCUT2D eigenvalue weighted by molar-refractivity contribution is 6.31. The number of nitrogens with zero attached hydrogens (tertiary/aromatic N) is 2. The van der Waals surface area contributed by atoms with Crippen molar-refractivity contribution in [1.82, 2.24) is 9.78 Å². The number of aromatic nitrogens is 2. The molecule has 1 atom stereocenters. The quantitative estimate of drug-likeness (QED) is 0.867. The zero-order valence-corrected chi connectivity index (χ0v) is 12.9. The van der Waals surface area contributed by atoms with E-state index in [9.17, 15) is 0 Å². The number of fused-ring (bicyclic) bond motifs is 1. The molecule has 0 aliphatic heterocycles. The lowest BCUT2D eigenvalue weighted by atomic mass is 9.74. The van der Waals surface area contributed by atoms with Gasteiger partial charge in [-0.1, -0.05) is 31.5 Å². The highest BCUT2D eigenvalue weighted by Gasteiger charge is 2.33. The summed E-state index contributed by atoms with van der Waals surface area (Å²) in [5.74, 6) is 0. The third kappa shape index (κ3) is 2.25. The van der Waals surface area contributed by atoms with E-state index in [0.717, 1.165) is 29.1 Å². The first-order chi connectivity index (χ1) is 9.37. The third-order valence-electron chi connectivity index (χ3n) is 4.12. The molecule has 1 aliphatic rings. The van der Waals surface area contributed by atoms with Crippen LogP contribution in [-0.4, -0.2) is 9.78 Å². The van der Waals surface area contributed by atoms with Crippen LogP contribution in [-0.2, 0) is 6.42 Å². The van der Waals surface area contributed by atoms with E-state index >= 15 is 0 Å². The van der Waals surface area contributed by atoms with Crippen LogP contribution in [0.3, 0.4) is 0 Å². The molecule has 20 heavy (non-hydrogen) atoms. The van der Waals surface area contributed by atoms with Gasteiger partial charge < -0.3 is 5.73 Å². The molecule has 0 saturated carbocycles. The normalized spacial score (nSPS) is 20.8. The fraction of sp³-hybridized carbons (Fsp3) is 0.438. The Balaban J connectivity index is 2.10. The largest absolute Gasteiger partial charge is 0.324 e. The van der Waals surface area contributed by atoms with Crippen LogP contribution in [0.2, 0.25) is 5.02 Å². The van der Waals surface area contributed by atoms with Gasteiger partial charge in [0.1, 0.15) is 0 Å². The lowest BCUT2D eigenvalue weighted by Gasteiger charge is -2.33. The van der Waals surface area contributed by atoms with Gasteiger partial charge in [0.2, 0.25) is 0 Å². The second kappa shape index (κ2) is 4.61. The van der Waals surface area contributed by atoms with Crippen LogP contribution in [0, 0.1) is 12.3 Å². The van der Waals surface area contributed by atoms with Crippen LogP contribution in [0.5, 0.6) is 0 Å². The van der Waals surface area contributed by atoms with Gasteiger partial charge in [-0.25, -0.2) is 4.68 Å². The van der Waals surface area contributed by atoms with Crippen molar-refractivity contribution in [3.63, 3.8) is 0 Å². The van der Waals surface area contributed by atoms with Crippen molar-refractivity contribution in [1.29, 1.82) is 0 Å². The number of hydrogen-bond acceptors (Lipinski definition) is 2. The summed E-state index contributed by atoms with van der Waals surface area (Å²) in [6.45, 7) is 6.52. The minimum Gasteiger partial charge on any atom is -0.324 e. The summed E-state index contributed by atoms with van der Waals surface area (Å²) in [5, 5.41) is 5.30. The maximum atomic E-state index is 6.29. The Morgan fingerprint density at radius 2 is 2.15 bits per heavy atom. The van der Waals surface area contributed by atoms with Crippen LogP contribution in [0.1, 0.15) is 43.1 Å². The predicted molar refractivity (Wildman–Crippen MR) is 82.3 cm³/mol. The molecule has 1 aromatic heterocycles. The molecular weight excluding hydrogens is 270 g/mol. The number of benzene rings is 1. The van der Waals surface area contributed by atoms with Crippen LogP contribution in [0.25, 0.3) is 5.69 Å². The molecule has 1 aliphatic carbocycles. The molecule has 106 valence electrons. The molecule has 0 spiro atoms. The van der Waals surface area contributed by atoms with Crippen LogP contribution in [0.15, 0.2) is 24.4 Å². The van der Waals surface area contributed by atoms with E-state index in [1.807, 2.05) is 29.9 Å². The molecule has 2 N–H and O–H groups in total. The zero-order chi connectivity index (χ0) is 14.5. The summed E-state index contributed by atoms with van der Waals surface area (Å²) < 4.78 is 1.99. The van der Waals surface area contributed by atoms with Crippen LogP contribution in [0.4, 0.5) is 0 Å². The van der Waals surface area contributed by atoms with Gasteiger partial charge in [0.05, 0.1) is 11.9 Å². The van der Waals surface area contributed by atoms with Crippen molar-refractivity contribution < 1.29 is 0 Å². The Bertz CT molecular complexity index is 658. The van der Waals surface area contributed by atoms with Crippen LogP contribution >= 0.6 is 11.6 Å². The van der Waals surface area contributed by atoms with Crippen molar-refractivity contribution in [2.75, 3.05) is 0 Å². The number of nitrogens with two attached hydrogens (primary N) is 1. The monoisotopic (exact) mass is 289 g/mol. The van der Waals surface area contributed by atoms with E-state index in [2.05, 4.69) is 25.0 Å². The molecule has 0 bridgehead atoms. The topological polar surface area (TPSA) is 43.8 Å². The van der Waals surface area contributed by atoms with Gasteiger partial charge in [-0.2, -0.15) is 5.10 Å². The van der Waals surface area contributed by atoms with Gasteiger partial charge >= 0.3 is 0 Å². The molecule has 1 aromatic carbocycles. The van der Waals surface area contributed by atoms with Gasteiger partial charge in [-0.05, 0) is 42.9 Å². The molecule has 1 unspecified atom stereocenters. The molecule has 3 nitrogen and oxygen atoms in total. The van der Waals surface area contributed by atoms with Gasteiger partial charge in [0.15, 0.2) is 0 Å². The van der Waals surface area contributed by atoms with Crippen LogP contribution < -0.4 is 5.73 Å². The van der Waals surface area contributed by atoms with Gasteiger partial charge in [0.25, 0.3) is 0 Å². The third-order valence-corrected chi connectivity index (χ3v) is 4.53. The Labute approximate surface area is 124 Å². The first-order valence-corrected chi connectivity index (χ1v) is 7.34. The molecule has 1 heterocycles. The van der Waals surface area contributed by atoms with E-state index in [4.69, 9.17) is 17.3 Å². The second-order valence-electron chi connectivity index (χ2n) is 6.54. The minimum atomic E-state index is 0.0726. The van der Waals surface area contributed by atoms with E-state index in [1.54, 1.807) is 0 Å². The van der Waals surface area contributed by atoms with E-state index in [0.29, 0.717) is 0 Å². The summed E-state index contributed by atoms with van der Waals surface area (Å²) in [6, 6.07) is 6.13. The average molecular weight is 290 g/mol. The molecular formula is C16H20ClN3.